The molecule has 0 spiro atoms. The molecule has 4 heteroatoms. The van der Waals surface area contributed by atoms with Gasteiger partial charge in [-0.3, -0.25) is 0 Å². The van der Waals surface area contributed by atoms with Gasteiger partial charge in [0.1, 0.15) is 5.82 Å². The summed E-state index contributed by atoms with van der Waals surface area (Å²) in [5.74, 6) is -1.89. The van der Waals surface area contributed by atoms with Crippen molar-refractivity contribution in [1.29, 1.82) is 0 Å². The topological polar surface area (TPSA) is 32.3 Å². The highest BCUT2D eigenvalue weighted by molar-refractivity contribution is 5.37. The zero-order valence-electron chi connectivity index (χ0n) is 7.56. The Bertz CT molecular complexity index is 348. The number of hydrogen-bond acceptors (Lipinski definition) is 2. The summed E-state index contributed by atoms with van der Waals surface area (Å²) in [6.45, 7) is 0.778. The standard InChI is InChI=1S/C10H11F2NO/c11-6-3-4-7(12)10(14)9(6)8-2-1-5-13-8/h3-4,8,13-14H,1-2,5H2. The molecule has 1 heterocycles. The fourth-order valence-electron chi connectivity index (χ4n) is 1.82. The van der Waals surface area contributed by atoms with E-state index in [0.29, 0.717) is 0 Å². The Morgan fingerprint density at radius 3 is 2.64 bits per heavy atom. The summed E-state index contributed by atoms with van der Waals surface area (Å²) in [5, 5.41) is 12.4. The smallest absolute Gasteiger partial charge is 0.165 e. The molecule has 1 aliphatic rings. The van der Waals surface area contributed by atoms with E-state index in [2.05, 4.69) is 5.32 Å². The molecule has 0 radical (unpaired) electrons. The summed E-state index contributed by atoms with van der Waals surface area (Å²) < 4.78 is 26.3. The van der Waals surface area contributed by atoms with Crippen LogP contribution in [-0.4, -0.2) is 11.7 Å². The molecule has 2 rings (SSSR count). The van der Waals surface area contributed by atoms with Crippen molar-refractivity contribution >= 4 is 0 Å². The van der Waals surface area contributed by atoms with E-state index in [1.165, 1.54) is 0 Å². The lowest BCUT2D eigenvalue weighted by Crippen LogP contribution is -2.14. The van der Waals surface area contributed by atoms with E-state index in [1.54, 1.807) is 0 Å². The number of halogens is 2. The fraction of sp³-hybridized carbons (Fsp3) is 0.400. The molecule has 1 aliphatic heterocycles. The number of benzene rings is 1. The van der Waals surface area contributed by atoms with Gasteiger partial charge in [0.15, 0.2) is 11.6 Å². The highest BCUT2D eigenvalue weighted by Gasteiger charge is 2.24. The first-order valence-electron chi connectivity index (χ1n) is 4.60. The van der Waals surface area contributed by atoms with Crippen molar-refractivity contribution < 1.29 is 13.9 Å². The molecule has 0 saturated carbocycles. The Morgan fingerprint density at radius 1 is 1.29 bits per heavy atom. The van der Waals surface area contributed by atoms with Gasteiger partial charge in [0, 0.05) is 11.6 Å². The maximum absolute atomic E-state index is 13.3. The molecule has 14 heavy (non-hydrogen) atoms. The van der Waals surface area contributed by atoms with E-state index in [0.717, 1.165) is 31.5 Å². The molecule has 0 bridgehead atoms. The summed E-state index contributed by atoms with van der Waals surface area (Å²) in [6, 6.07) is 1.72. The van der Waals surface area contributed by atoms with Gasteiger partial charge in [0.25, 0.3) is 0 Å². The normalized spacial score (nSPS) is 21.4. The predicted molar refractivity (Wildman–Crippen MR) is 48.0 cm³/mol. The van der Waals surface area contributed by atoms with E-state index < -0.39 is 17.4 Å². The Labute approximate surface area is 80.6 Å². The average molecular weight is 199 g/mol. The lowest BCUT2D eigenvalue weighted by atomic mass is 10.0. The minimum Gasteiger partial charge on any atom is -0.505 e. The summed E-state index contributed by atoms with van der Waals surface area (Å²) in [4.78, 5) is 0. The summed E-state index contributed by atoms with van der Waals surface area (Å²) >= 11 is 0. The average Bonchev–Trinajstić information content (AvgIpc) is 2.65. The molecular formula is C10H11F2NO. The summed E-state index contributed by atoms with van der Waals surface area (Å²) in [6.07, 6.45) is 1.65. The number of aromatic hydroxyl groups is 1. The molecule has 2 nitrogen and oxygen atoms in total. The molecule has 0 aliphatic carbocycles. The van der Waals surface area contributed by atoms with Crippen molar-refractivity contribution in [3.8, 4) is 5.75 Å². The van der Waals surface area contributed by atoms with E-state index in [9.17, 15) is 13.9 Å². The van der Waals surface area contributed by atoms with Crippen molar-refractivity contribution in [3.63, 3.8) is 0 Å². The third-order valence-corrected chi connectivity index (χ3v) is 2.52. The molecule has 1 fully saturated rings. The quantitative estimate of drug-likeness (QED) is 0.725. The Balaban J connectivity index is 2.44. The van der Waals surface area contributed by atoms with Crippen LogP contribution in [0, 0.1) is 11.6 Å². The lowest BCUT2D eigenvalue weighted by molar-refractivity contribution is 0.406. The predicted octanol–water partition coefficient (Wildman–Crippen LogP) is 2.09. The Morgan fingerprint density at radius 2 is 2.00 bits per heavy atom. The third-order valence-electron chi connectivity index (χ3n) is 2.52. The molecular weight excluding hydrogens is 188 g/mol. The van der Waals surface area contributed by atoms with Crippen LogP contribution in [0.25, 0.3) is 0 Å². The number of hydrogen-bond donors (Lipinski definition) is 2. The van der Waals surface area contributed by atoms with Crippen LogP contribution >= 0.6 is 0 Å². The molecule has 1 aromatic carbocycles. The highest BCUT2D eigenvalue weighted by atomic mass is 19.1. The maximum atomic E-state index is 13.3. The van der Waals surface area contributed by atoms with Crippen LogP contribution in [0.5, 0.6) is 5.75 Å². The molecule has 1 atom stereocenters. The molecule has 1 saturated heterocycles. The van der Waals surface area contributed by atoms with Crippen LogP contribution in [-0.2, 0) is 0 Å². The van der Waals surface area contributed by atoms with Crippen molar-refractivity contribution in [2.24, 2.45) is 0 Å². The number of phenols is 1. The van der Waals surface area contributed by atoms with Crippen LogP contribution < -0.4 is 5.32 Å². The van der Waals surface area contributed by atoms with Crippen LogP contribution in [0.3, 0.4) is 0 Å². The van der Waals surface area contributed by atoms with Crippen molar-refractivity contribution in [1.82, 2.24) is 5.32 Å². The second-order valence-corrected chi connectivity index (χ2v) is 3.44. The Hall–Kier alpha value is -1.16. The van der Waals surface area contributed by atoms with Gasteiger partial charge in [-0.15, -0.1) is 0 Å². The zero-order chi connectivity index (χ0) is 10.1. The first-order chi connectivity index (χ1) is 6.70. The summed E-state index contributed by atoms with van der Waals surface area (Å²) in [5.41, 5.74) is 0.0579. The highest BCUT2D eigenvalue weighted by Crippen LogP contribution is 2.33. The van der Waals surface area contributed by atoms with E-state index in [4.69, 9.17) is 0 Å². The molecule has 76 valence electrons. The molecule has 1 unspecified atom stereocenters. The van der Waals surface area contributed by atoms with Gasteiger partial charge >= 0.3 is 0 Å². The number of rotatable bonds is 1. The van der Waals surface area contributed by atoms with Gasteiger partial charge in [-0.2, -0.15) is 0 Å². The first kappa shape index (κ1) is 9.40. The monoisotopic (exact) mass is 199 g/mol. The zero-order valence-corrected chi connectivity index (χ0v) is 7.56. The van der Waals surface area contributed by atoms with Gasteiger partial charge in [0.2, 0.25) is 0 Å². The molecule has 0 aromatic heterocycles. The van der Waals surface area contributed by atoms with Gasteiger partial charge in [-0.25, -0.2) is 8.78 Å². The second kappa shape index (κ2) is 3.53. The van der Waals surface area contributed by atoms with Gasteiger partial charge in [-0.1, -0.05) is 0 Å². The van der Waals surface area contributed by atoms with E-state index >= 15 is 0 Å². The minimum atomic E-state index is -0.768. The number of nitrogens with one attached hydrogen (secondary N) is 1. The first-order valence-corrected chi connectivity index (χ1v) is 4.60. The molecule has 1 aromatic rings. The van der Waals surface area contributed by atoms with Crippen LogP contribution in [0.15, 0.2) is 12.1 Å². The minimum absolute atomic E-state index is 0.0579. The van der Waals surface area contributed by atoms with Gasteiger partial charge in [-0.05, 0) is 31.5 Å². The van der Waals surface area contributed by atoms with Gasteiger partial charge < -0.3 is 10.4 Å². The van der Waals surface area contributed by atoms with Crippen LogP contribution in [0.4, 0.5) is 8.78 Å². The van der Waals surface area contributed by atoms with E-state index in [1.807, 2.05) is 0 Å². The largest absolute Gasteiger partial charge is 0.505 e. The molecule has 0 amide bonds. The Kier molecular flexibility index (Phi) is 2.37. The third kappa shape index (κ3) is 1.46. The van der Waals surface area contributed by atoms with Crippen LogP contribution in [0.1, 0.15) is 24.4 Å². The second-order valence-electron chi connectivity index (χ2n) is 3.44. The fourth-order valence-corrected chi connectivity index (χ4v) is 1.82. The SMILES string of the molecule is Oc1c(F)ccc(F)c1C1CCCN1. The number of phenolic OH excluding ortho intramolecular Hbond substituents is 1. The maximum Gasteiger partial charge on any atom is 0.165 e. The molecule has 2 N–H and O–H groups in total. The van der Waals surface area contributed by atoms with E-state index in [-0.39, 0.29) is 11.6 Å². The van der Waals surface area contributed by atoms with Crippen molar-refractivity contribution in [2.75, 3.05) is 6.54 Å². The van der Waals surface area contributed by atoms with Gasteiger partial charge in [0.05, 0.1) is 0 Å². The van der Waals surface area contributed by atoms with Crippen LogP contribution in [0.2, 0.25) is 0 Å². The lowest BCUT2D eigenvalue weighted by Gasteiger charge is -2.13. The van der Waals surface area contributed by atoms with Crippen molar-refractivity contribution in [2.45, 2.75) is 18.9 Å². The summed E-state index contributed by atoms with van der Waals surface area (Å²) in [7, 11) is 0. The van der Waals surface area contributed by atoms with Crippen molar-refractivity contribution in [3.05, 3.63) is 29.3 Å².